The fraction of sp³-hybridized carbons (Fsp3) is 0.333. The highest BCUT2D eigenvalue weighted by atomic mass is 14.6. The number of benzene rings is 1. The van der Waals surface area contributed by atoms with Crippen molar-refractivity contribution in [1.82, 2.24) is 0 Å². The number of hydrogen-bond donors (Lipinski definition) is 1. The van der Waals surface area contributed by atoms with Gasteiger partial charge in [-0.2, -0.15) is 0 Å². The van der Waals surface area contributed by atoms with Crippen molar-refractivity contribution in [1.29, 1.82) is 0 Å². The molecule has 13 heavy (non-hydrogen) atoms. The monoisotopic (exact) mass is 173 g/mol. The zero-order chi connectivity index (χ0) is 9.15. The predicted octanol–water partition coefficient (Wildman–Crippen LogP) is 2.23. The van der Waals surface area contributed by atoms with Gasteiger partial charge in [0.25, 0.3) is 0 Å². The van der Waals surface area contributed by atoms with Gasteiger partial charge in [0, 0.05) is 12.0 Å². The standard InChI is InChI=1S/C12H15N/c13-10-12(8-4-5-9-12)11-6-2-1-3-7-11/h1-7H,8-10,13H2. The van der Waals surface area contributed by atoms with E-state index >= 15 is 0 Å². The molecule has 0 heterocycles. The molecule has 1 aromatic rings. The Morgan fingerprint density at radius 2 is 1.69 bits per heavy atom. The Bertz CT molecular complexity index is 292. The summed E-state index contributed by atoms with van der Waals surface area (Å²) in [6.45, 7) is 0.740. The van der Waals surface area contributed by atoms with Gasteiger partial charge in [-0.15, -0.1) is 0 Å². The van der Waals surface area contributed by atoms with Crippen LogP contribution in [0.25, 0.3) is 0 Å². The molecule has 1 nitrogen and oxygen atoms in total. The van der Waals surface area contributed by atoms with Crippen LogP contribution >= 0.6 is 0 Å². The molecule has 2 rings (SSSR count). The third-order valence-corrected chi connectivity index (χ3v) is 2.96. The number of allylic oxidation sites excluding steroid dienone is 2. The molecule has 1 aliphatic carbocycles. The maximum Gasteiger partial charge on any atom is 0.0144 e. The molecule has 0 radical (unpaired) electrons. The van der Waals surface area contributed by atoms with Gasteiger partial charge in [-0.25, -0.2) is 0 Å². The Balaban J connectivity index is 2.32. The van der Waals surface area contributed by atoms with Crippen LogP contribution in [-0.4, -0.2) is 6.54 Å². The van der Waals surface area contributed by atoms with Gasteiger partial charge in [0.05, 0.1) is 0 Å². The summed E-state index contributed by atoms with van der Waals surface area (Å²) >= 11 is 0. The third kappa shape index (κ3) is 1.40. The van der Waals surface area contributed by atoms with E-state index in [-0.39, 0.29) is 5.41 Å². The molecule has 0 amide bonds. The molecule has 0 bridgehead atoms. The van der Waals surface area contributed by atoms with Crippen molar-refractivity contribution in [2.45, 2.75) is 18.3 Å². The minimum absolute atomic E-state index is 0.196. The van der Waals surface area contributed by atoms with Crippen LogP contribution in [0.1, 0.15) is 18.4 Å². The number of nitrogens with two attached hydrogens (primary N) is 1. The number of hydrogen-bond acceptors (Lipinski definition) is 1. The summed E-state index contributed by atoms with van der Waals surface area (Å²) in [7, 11) is 0. The van der Waals surface area contributed by atoms with Gasteiger partial charge in [-0.3, -0.25) is 0 Å². The molecule has 0 fully saturated rings. The molecule has 0 saturated carbocycles. The molecule has 2 N–H and O–H groups in total. The topological polar surface area (TPSA) is 26.0 Å². The van der Waals surface area contributed by atoms with Crippen LogP contribution in [0.2, 0.25) is 0 Å². The fourth-order valence-corrected chi connectivity index (χ4v) is 2.01. The first kappa shape index (κ1) is 8.52. The summed E-state index contributed by atoms with van der Waals surface area (Å²) in [5, 5.41) is 0. The van der Waals surface area contributed by atoms with Crippen molar-refractivity contribution in [3.63, 3.8) is 0 Å². The highest BCUT2D eigenvalue weighted by Crippen LogP contribution is 2.35. The van der Waals surface area contributed by atoms with Crippen LogP contribution in [0.4, 0.5) is 0 Å². The second-order valence-corrected chi connectivity index (χ2v) is 3.73. The summed E-state index contributed by atoms with van der Waals surface area (Å²) in [4.78, 5) is 0. The van der Waals surface area contributed by atoms with Gasteiger partial charge < -0.3 is 5.73 Å². The van der Waals surface area contributed by atoms with Crippen molar-refractivity contribution in [2.75, 3.05) is 6.54 Å². The molecule has 0 saturated heterocycles. The summed E-state index contributed by atoms with van der Waals surface area (Å²) in [5.74, 6) is 0. The highest BCUT2D eigenvalue weighted by molar-refractivity contribution is 5.30. The van der Waals surface area contributed by atoms with Gasteiger partial charge in [-0.05, 0) is 18.4 Å². The fourth-order valence-electron chi connectivity index (χ4n) is 2.01. The van der Waals surface area contributed by atoms with E-state index in [0.717, 1.165) is 19.4 Å². The Kier molecular flexibility index (Phi) is 2.19. The van der Waals surface area contributed by atoms with E-state index in [4.69, 9.17) is 5.73 Å². The molecule has 68 valence electrons. The SMILES string of the molecule is NCC1(c2ccccc2)CC=CC1. The Hall–Kier alpha value is -1.08. The van der Waals surface area contributed by atoms with E-state index in [9.17, 15) is 0 Å². The lowest BCUT2D eigenvalue weighted by atomic mass is 9.78. The van der Waals surface area contributed by atoms with Crippen molar-refractivity contribution in [3.8, 4) is 0 Å². The molecular formula is C12H15N. The van der Waals surface area contributed by atoms with Crippen molar-refractivity contribution >= 4 is 0 Å². The minimum Gasteiger partial charge on any atom is -0.330 e. The van der Waals surface area contributed by atoms with Gasteiger partial charge in [0.2, 0.25) is 0 Å². The van der Waals surface area contributed by atoms with Crippen molar-refractivity contribution in [3.05, 3.63) is 48.0 Å². The summed E-state index contributed by atoms with van der Waals surface area (Å²) in [6, 6.07) is 10.6. The normalized spacial score (nSPS) is 19.2. The first-order valence-electron chi connectivity index (χ1n) is 4.78. The summed E-state index contributed by atoms with van der Waals surface area (Å²) < 4.78 is 0. The zero-order valence-electron chi connectivity index (χ0n) is 7.74. The lowest BCUT2D eigenvalue weighted by Gasteiger charge is -2.27. The predicted molar refractivity (Wildman–Crippen MR) is 55.5 cm³/mol. The van der Waals surface area contributed by atoms with Crippen LogP contribution in [-0.2, 0) is 5.41 Å². The smallest absolute Gasteiger partial charge is 0.0144 e. The van der Waals surface area contributed by atoms with E-state index < -0.39 is 0 Å². The lowest BCUT2D eigenvalue weighted by Crippen LogP contribution is -2.32. The zero-order valence-corrected chi connectivity index (χ0v) is 7.74. The molecule has 0 spiro atoms. The molecular weight excluding hydrogens is 158 g/mol. The average molecular weight is 173 g/mol. The molecule has 1 aliphatic rings. The molecule has 0 unspecified atom stereocenters. The van der Waals surface area contributed by atoms with Crippen molar-refractivity contribution in [2.24, 2.45) is 5.73 Å². The summed E-state index contributed by atoms with van der Waals surface area (Å²) in [6.07, 6.45) is 6.65. The Labute approximate surface area is 79.3 Å². The molecule has 0 aromatic heterocycles. The maximum atomic E-state index is 5.86. The lowest BCUT2D eigenvalue weighted by molar-refractivity contribution is 0.470. The number of rotatable bonds is 2. The van der Waals surface area contributed by atoms with E-state index in [0.29, 0.717) is 0 Å². The summed E-state index contributed by atoms with van der Waals surface area (Å²) in [5.41, 5.74) is 7.43. The maximum absolute atomic E-state index is 5.86. The van der Waals surface area contributed by atoms with Crippen LogP contribution in [0.5, 0.6) is 0 Å². The Morgan fingerprint density at radius 1 is 1.08 bits per heavy atom. The van der Waals surface area contributed by atoms with E-state index in [1.54, 1.807) is 0 Å². The second-order valence-electron chi connectivity index (χ2n) is 3.73. The first-order chi connectivity index (χ1) is 6.37. The average Bonchev–Trinajstić information content (AvgIpc) is 2.69. The van der Waals surface area contributed by atoms with Crippen LogP contribution < -0.4 is 5.73 Å². The third-order valence-electron chi connectivity index (χ3n) is 2.96. The van der Waals surface area contributed by atoms with E-state index in [2.05, 4.69) is 42.5 Å². The van der Waals surface area contributed by atoms with Crippen LogP contribution in [0, 0.1) is 0 Å². The Morgan fingerprint density at radius 3 is 2.23 bits per heavy atom. The minimum atomic E-state index is 0.196. The van der Waals surface area contributed by atoms with Crippen LogP contribution in [0.3, 0.4) is 0 Å². The molecule has 1 heteroatoms. The van der Waals surface area contributed by atoms with Gasteiger partial charge in [-0.1, -0.05) is 42.5 Å². The van der Waals surface area contributed by atoms with E-state index in [1.807, 2.05) is 0 Å². The van der Waals surface area contributed by atoms with Gasteiger partial charge in [0.1, 0.15) is 0 Å². The molecule has 0 atom stereocenters. The quantitative estimate of drug-likeness (QED) is 0.682. The second kappa shape index (κ2) is 3.35. The molecule has 0 aliphatic heterocycles. The van der Waals surface area contributed by atoms with E-state index in [1.165, 1.54) is 5.56 Å². The highest BCUT2D eigenvalue weighted by Gasteiger charge is 2.30. The van der Waals surface area contributed by atoms with Gasteiger partial charge >= 0.3 is 0 Å². The van der Waals surface area contributed by atoms with Gasteiger partial charge in [0.15, 0.2) is 0 Å². The first-order valence-corrected chi connectivity index (χ1v) is 4.78. The largest absolute Gasteiger partial charge is 0.330 e. The van der Waals surface area contributed by atoms with Crippen LogP contribution in [0.15, 0.2) is 42.5 Å². The molecule has 1 aromatic carbocycles. The van der Waals surface area contributed by atoms with Crippen molar-refractivity contribution < 1.29 is 0 Å².